The molecule has 2 aromatic heterocycles. The summed E-state index contributed by atoms with van der Waals surface area (Å²) in [4.78, 5) is 20.4. The van der Waals surface area contributed by atoms with Gasteiger partial charge in [0.2, 0.25) is 5.88 Å². The summed E-state index contributed by atoms with van der Waals surface area (Å²) in [7, 11) is 0. The van der Waals surface area contributed by atoms with Gasteiger partial charge in [0.15, 0.2) is 12.4 Å². The van der Waals surface area contributed by atoms with Crippen LogP contribution in [-0.2, 0) is 11.3 Å². The molecule has 1 aromatic carbocycles. The Balaban J connectivity index is 1.62. The Morgan fingerprint density at radius 1 is 1.24 bits per heavy atom. The summed E-state index contributed by atoms with van der Waals surface area (Å²) < 4.78 is 23.6. The van der Waals surface area contributed by atoms with Gasteiger partial charge in [0.1, 0.15) is 11.6 Å². The second-order valence-electron chi connectivity index (χ2n) is 5.32. The average Bonchev–Trinajstić information content (AvgIpc) is 3.12. The largest absolute Gasteiger partial charge is 0.467 e. The van der Waals surface area contributed by atoms with Gasteiger partial charge in [0.25, 0.3) is 5.91 Å². The van der Waals surface area contributed by atoms with Crippen LogP contribution in [0.2, 0.25) is 0 Å². The summed E-state index contributed by atoms with van der Waals surface area (Å²) in [6.07, 6.45) is 1.54. The van der Waals surface area contributed by atoms with Crippen molar-refractivity contribution in [2.24, 2.45) is 0 Å². The number of furan rings is 1. The van der Waals surface area contributed by atoms with E-state index in [4.69, 9.17) is 9.15 Å². The van der Waals surface area contributed by atoms with E-state index in [1.54, 1.807) is 43.5 Å². The van der Waals surface area contributed by atoms with E-state index in [0.29, 0.717) is 29.4 Å². The Bertz CT molecular complexity index is 849. The van der Waals surface area contributed by atoms with E-state index in [1.807, 2.05) is 0 Å². The molecular weight excluding hydrogens is 325 g/mol. The minimum absolute atomic E-state index is 0.181. The maximum atomic E-state index is 13.0. The van der Waals surface area contributed by atoms with Gasteiger partial charge in [-0.15, -0.1) is 0 Å². The number of halogens is 1. The second kappa shape index (κ2) is 7.57. The summed E-state index contributed by atoms with van der Waals surface area (Å²) in [6, 6.07) is 11.0. The zero-order valence-electron chi connectivity index (χ0n) is 13.5. The van der Waals surface area contributed by atoms with Crippen molar-refractivity contribution < 1.29 is 18.3 Å². The van der Waals surface area contributed by atoms with Gasteiger partial charge >= 0.3 is 0 Å². The van der Waals surface area contributed by atoms with Crippen LogP contribution in [-0.4, -0.2) is 22.5 Å². The Hall–Kier alpha value is -3.22. The van der Waals surface area contributed by atoms with Crippen molar-refractivity contribution >= 4 is 5.91 Å². The molecular formula is C18H16FN3O3. The molecule has 25 heavy (non-hydrogen) atoms. The minimum Gasteiger partial charge on any atom is -0.467 e. The molecule has 0 radical (unpaired) electrons. The molecule has 0 saturated heterocycles. The van der Waals surface area contributed by atoms with Crippen molar-refractivity contribution in [2.75, 3.05) is 6.61 Å². The van der Waals surface area contributed by atoms with Crippen LogP contribution in [0.3, 0.4) is 0 Å². The molecule has 0 atom stereocenters. The standard InChI is InChI=1S/C18H16FN3O3/c1-12-9-17(22-18(21-12)13-4-6-14(19)7-5-13)25-11-16(23)20-10-15-3-2-8-24-15/h2-9H,10-11H2,1H3,(H,20,23). The molecule has 2 heterocycles. The van der Waals surface area contributed by atoms with Crippen molar-refractivity contribution in [1.29, 1.82) is 0 Å². The zero-order valence-corrected chi connectivity index (χ0v) is 13.5. The highest BCUT2D eigenvalue weighted by Crippen LogP contribution is 2.19. The second-order valence-corrected chi connectivity index (χ2v) is 5.32. The Morgan fingerprint density at radius 3 is 2.76 bits per heavy atom. The summed E-state index contributed by atoms with van der Waals surface area (Å²) in [6.45, 7) is 1.90. The molecule has 0 spiro atoms. The third-order valence-corrected chi connectivity index (χ3v) is 3.32. The highest BCUT2D eigenvalue weighted by atomic mass is 19.1. The Morgan fingerprint density at radius 2 is 2.04 bits per heavy atom. The maximum absolute atomic E-state index is 13.0. The van der Waals surface area contributed by atoms with Gasteiger partial charge in [0.05, 0.1) is 12.8 Å². The predicted octanol–water partition coefficient (Wildman–Crippen LogP) is 2.88. The van der Waals surface area contributed by atoms with E-state index in [-0.39, 0.29) is 24.2 Å². The van der Waals surface area contributed by atoms with E-state index in [9.17, 15) is 9.18 Å². The van der Waals surface area contributed by atoms with Crippen LogP contribution in [0.1, 0.15) is 11.5 Å². The number of amides is 1. The van der Waals surface area contributed by atoms with Gasteiger partial charge in [0, 0.05) is 17.3 Å². The molecule has 1 N–H and O–H groups in total. The van der Waals surface area contributed by atoms with Crippen LogP contribution >= 0.6 is 0 Å². The number of nitrogens with zero attached hydrogens (tertiary/aromatic N) is 2. The minimum atomic E-state index is -0.332. The summed E-state index contributed by atoms with van der Waals surface area (Å²) >= 11 is 0. The number of carbonyl (C=O) groups is 1. The number of benzene rings is 1. The molecule has 0 aliphatic heterocycles. The lowest BCUT2D eigenvalue weighted by Crippen LogP contribution is -2.28. The van der Waals surface area contributed by atoms with Crippen molar-refractivity contribution in [3.05, 3.63) is 66.0 Å². The van der Waals surface area contributed by atoms with E-state index in [0.717, 1.165) is 0 Å². The smallest absolute Gasteiger partial charge is 0.258 e. The average molecular weight is 341 g/mol. The first-order valence-electron chi connectivity index (χ1n) is 7.63. The molecule has 3 aromatic rings. The predicted molar refractivity (Wildman–Crippen MR) is 88.2 cm³/mol. The number of hydrogen-bond donors (Lipinski definition) is 1. The topological polar surface area (TPSA) is 77.2 Å². The van der Waals surface area contributed by atoms with Crippen LogP contribution in [0.25, 0.3) is 11.4 Å². The fourth-order valence-electron chi connectivity index (χ4n) is 2.13. The number of hydrogen-bond acceptors (Lipinski definition) is 5. The number of ether oxygens (including phenoxy) is 1. The van der Waals surface area contributed by atoms with E-state index in [1.165, 1.54) is 12.1 Å². The number of aryl methyl sites for hydroxylation is 1. The molecule has 0 fully saturated rings. The van der Waals surface area contributed by atoms with Gasteiger partial charge in [-0.3, -0.25) is 4.79 Å². The van der Waals surface area contributed by atoms with Gasteiger partial charge < -0.3 is 14.5 Å². The monoisotopic (exact) mass is 341 g/mol. The van der Waals surface area contributed by atoms with Crippen molar-refractivity contribution in [2.45, 2.75) is 13.5 Å². The molecule has 3 rings (SSSR count). The van der Waals surface area contributed by atoms with Crippen LogP contribution in [0, 0.1) is 12.7 Å². The molecule has 0 saturated carbocycles. The van der Waals surface area contributed by atoms with Gasteiger partial charge in [-0.05, 0) is 43.3 Å². The fraction of sp³-hybridized carbons (Fsp3) is 0.167. The number of aromatic nitrogens is 2. The van der Waals surface area contributed by atoms with Gasteiger partial charge in [-0.1, -0.05) is 0 Å². The van der Waals surface area contributed by atoms with Gasteiger partial charge in [-0.25, -0.2) is 9.37 Å². The molecule has 128 valence electrons. The number of carbonyl (C=O) groups excluding carboxylic acids is 1. The fourth-order valence-corrected chi connectivity index (χ4v) is 2.13. The molecule has 7 heteroatoms. The Kier molecular flexibility index (Phi) is 5.03. The molecule has 6 nitrogen and oxygen atoms in total. The van der Waals surface area contributed by atoms with Crippen molar-refractivity contribution in [1.82, 2.24) is 15.3 Å². The lowest BCUT2D eigenvalue weighted by Gasteiger charge is -2.08. The number of nitrogens with one attached hydrogen (secondary N) is 1. The maximum Gasteiger partial charge on any atom is 0.258 e. The highest BCUT2D eigenvalue weighted by Gasteiger charge is 2.09. The van der Waals surface area contributed by atoms with E-state index < -0.39 is 0 Å². The molecule has 0 aliphatic rings. The zero-order chi connectivity index (χ0) is 17.6. The lowest BCUT2D eigenvalue weighted by molar-refractivity contribution is -0.123. The Labute approximate surface area is 143 Å². The van der Waals surface area contributed by atoms with Crippen LogP contribution in [0.4, 0.5) is 4.39 Å². The van der Waals surface area contributed by atoms with Crippen LogP contribution in [0.15, 0.2) is 53.1 Å². The summed E-state index contributed by atoms with van der Waals surface area (Å²) in [5.74, 6) is 0.716. The first-order chi connectivity index (χ1) is 12.1. The van der Waals surface area contributed by atoms with Gasteiger partial charge in [-0.2, -0.15) is 4.98 Å². The van der Waals surface area contributed by atoms with E-state index >= 15 is 0 Å². The van der Waals surface area contributed by atoms with Crippen LogP contribution < -0.4 is 10.1 Å². The normalized spacial score (nSPS) is 10.5. The molecule has 1 amide bonds. The first-order valence-corrected chi connectivity index (χ1v) is 7.63. The number of rotatable bonds is 6. The first kappa shape index (κ1) is 16.6. The lowest BCUT2D eigenvalue weighted by atomic mass is 10.2. The van der Waals surface area contributed by atoms with Crippen LogP contribution in [0.5, 0.6) is 5.88 Å². The molecule has 0 unspecified atom stereocenters. The SMILES string of the molecule is Cc1cc(OCC(=O)NCc2ccco2)nc(-c2ccc(F)cc2)n1. The summed E-state index contributed by atoms with van der Waals surface area (Å²) in [5.41, 5.74) is 1.34. The third-order valence-electron chi connectivity index (χ3n) is 3.32. The van der Waals surface area contributed by atoms with Crippen molar-refractivity contribution in [3.8, 4) is 17.3 Å². The van der Waals surface area contributed by atoms with Crippen molar-refractivity contribution in [3.63, 3.8) is 0 Å². The quantitative estimate of drug-likeness (QED) is 0.746. The third kappa shape index (κ3) is 4.63. The highest BCUT2D eigenvalue weighted by molar-refractivity contribution is 5.77. The molecule has 0 bridgehead atoms. The summed E-state index contributed by atoms with van der Waals surface area (Å²) in [5, 5.41) is 2.68. The van der Waals surface area contributed by atoms with E-state index in [2.05, 4.69) is 15.3 Å². The molecule has 0 aliphatic carbocycles.